The molecule has 0 unspecified atom stereocenters. The number of anilines is 1. The summed E-state index contributed by atoms with van der Waals surface area (Å²) in [5, 5.41) is 3.05. The zero-order chi connectivity index (χ0) is 14.3. The highest BCUT2D eigenvalue weighted by atomic mass is 32.2. The smallest absolute Gasteiger partial charge is 0.236 e. The summed E-state index contributed by atoms with van der Waals surface area (Å²) < 4.78 is 38.8. The highest BCUT2D eigenvalue weighted by Crippen LogP contribution is 2.18. The second-order valence-electron chi connectivity index (χ2n) is 4.21. The molecule has 0 aliphatic heterocycles. The number of nitrogens with zero attached hydrogens (tertiary/aromatic N) is 1. The van der Waals surface area contributed by atoms with E-state index in [1.807, 2.05) is 6.92 Å². The van der Waals surface area contributed by atoms with Crippen molar-refractivity contribution in [3.63, 3.8) is 0 Å². The number of rotatable bonds is 8. The molecule has 0 amide bonds. The molecule has 0 bridgehead atoms. The van der Waals surface area contributed by atoms with Crippen molar-refractivity contribution in [3.05, 3.63) is 30.1 Å². The number of hydrogen-bond acceptors (Lipinski definition) is 3. The Morgan fingerprint density at radius 2 is 2.00 bits per heavy atom. The van der Waals surface area contributed by atoms with Crippen LogP contribution >= 0.6 is 0 Å². The molecule has 19 heavy (non-hydrogen) atoms. The Kier molecular flexibility index (Phi) is 6.24. The Balaban J connectivity index is 2.78. The number of nitrogens with one attached hydrogen (secondary N) is 1. The first-order valence-electron chi connectivity index (χ1n) is 6.48. The van der Waals surface area contributed by atoms with Crippen LogP contribution in [-0.4, -0.2) is 33.8 Å². The molecule has 0 aliphatic carbocycles. The SMILES string of the molecule is CCCNCCS(=O)(=O)N(CC)c1cccc(F)c1. The molecule has 0 radical (unpaired) electrons. The first-order chi connectivity index (χ1) is 9.01. The summed E-state index contributed by atoms with van der Waals surface area (Å²) in [6.07, 6.45) is 0.960. The second kappa shape index (κ2) is 7.45. The molecule has 1 rings (SSSR count). The zero-order valence-electron chi connectivity index (χ0n) is 11.4. The van der Waals surface area contributed by atoms with Gasteiger partial charge in [0, 0.05) is 13.1 Å². The summed E-state index contributed by atoms with van der Waals surface area (Å²) in [5.41, 5.74) is 0.373. The van der Waals surface area contributed by atoms with Crippen molar-refractivity contribution >= 4 is 15.7 Å². The summed E-state index contributed by atoms with van der Waals surface area (Å²) in [6, 6.07) is 5.65. The molecule has 0 saturated carbocycles. The Bertz CT molecular complexity index is 491. The molecule has 0 atom stereocenters. The van der Waals surface area contributed by atoms with Crippen LogP contribution in [0, 0.1) is 5.82 Å². The number of hydrogen-bond donors (Lipinski definition) is 1. The average Bonchev–Trinajstić information content (AvgIpc) is 2.35. The van der Waals surface area contributed by atoms with Gasteiger partial charge in [-0.1, -0.05) is 13.0 Å². The monoisotopic (exact) mass is 288 g/mol. The van der Waals surface area contributed by atoms with E-state index in [-0.39, 0.29) is 5.75 Å². The Labute approximate surface area is 114 Å². The fraction of sp³-hybridized carbons (Fsp3) is 0.538. The van der Waals surface area contributed by atoms with Gasteiger partial charge in [0.1, 0.15) is 5.82 Å². The van der Waals surface area contributed by atoms with Crippen molar-refractivity contribution in [2.45, 2.75) is 20.3 Å². The summed E-state index contributed by atoms with van der Waals surface area (Å²) in [7, 11) is -3.42. The lowest BCUT2D eigenvalue weighted by Gasteiger charge is -2.23. The predicted octanol–water partition coefficient (Wildman–Crippen LogP) is 1.98. The van der Waals surface area contributed by atoms with E-state index < -0.39 is 15.8 Å². The number of benzene rings is 1. The fourth-order valence-electron chi connectivity index (χ4n) is 1.78. The highest BCUT2D eigenvalue weighted by molar-refractivity contribution is 7.92. The first kappa shape index (κ1) is 15.9. The number of sulfonamides is 1. The van der Waals surface area contributed by atoms with E-state index in [1.165, 1.54) is 22.5 Å². The van der Waals surface area contributed by atoms with Crippen molar-refractivity contribution in [1.82, 2.24) is 5.32 Å². The molecule has 6 heteroatoms. The van der Waals surface area contributed by atoms with Gasteiger partial charge in [-0.05, 0) is 38.1 Å². The summed E-state index contributed by atoms with van der Waals surface area (Å²) >= 11 is 0. The molecule has 0 heterocycles. The molecule has 0 aromatic heterocycles. The standard InChI is InChI=1S/C13H21FN2O2S/c1-3-8-15-9-10-19(17,18)16(4-2)13-7-5-6-12(14)11-13/h5-7,11,15H,3-4,8-10H2,1-2H3. The summed E-state index contributed by atoms with van der Waals surface area (Å²) in [6.45, 7) is 5.25. The van der Waals surface area contributed by atoms with Gasteiger partial charge in [-0.3, -0.25) is 4.31 Å². The second-order valence-corrected chi connectivity index (χ2v) is 6.22. The third-order valence-corrected chi connectivity index (χ3v) is 4.54. The molecule has 0 aliphatic rings. The fourth-order valence-corrected chi connectivity index (χ4v) is 3.24. The Morgan fingerprint density at radius 1 is 1.26 bits per heavy atom. The molecule has 0 fully saturated rings. The molecule has 0 saturated heterocycles. The van der Waals surface area contributed by atoms with Gasteiger partial charge < -0.3 is 5.32 Å². The lowest BCUT2D eigenvalue weighted by Crippen LogP contribution is -2.36. The van der Waals surface area contributed by atoms with Gasteiger partial charge in [0.25, 0.3) is 0 Å². The van der Waals surface area contributed by atoms with Crippen LogP contribution in [0.2, 0.25) is 0 Å². The van der Waals surface area contributed by atoms with Gasteiger partial charge in [0.2, 0.25) is 10.0 Å². The minimum absolute atomic E-state index is 0.0113. The quantitative estimate of drug-likeness (QED) is 0.744. The molecule has 1 aromatic carbocycles. The highest BCUT2D eigenvalue weighted by Gasteiger charge is 2.20. The minimum atomic E-state index is -3.42. The van der Waals surface area contributed by atoms with Crippen molar-refractivity contribution in [2.75, 3.05) is 29.7 Å². The van der Waals surface area contributed by atoms with Crippen LogP contribution in [0.15, 0.2) is 24.3 Å². The van der Waals surface area contributed by atoms with E-state index in [1.54, 1.807) is 13.0 Å². The van der Waals surface area contributed by atoms with Gasteiger partial charge in [-0.2, -0.15) is 0 Å². The lowest BCUT2D eigenvalue weighted by atomic mass is 10.3. The summed E-state index contributed by atoms with van der Waals surface area (Å²) in [4.78, 5) is 0. The Morgan fingerprint density at radius 3 is 2.58 bits per heavy atom. The van der Waals surface area contributed by atoms with Gasteiger partial charge in [-0.15, -0.1) is 0 Å². The van der Waals surface area contributed by atoms with Gasteiger partial charge in [-0.25, -0.2) is 12.8 Å². The van der Waals surface area contributed by atoms with Gasteiger partial charge in [0.15, 0.2) is 0 Å². The van der Waals surface area contributed by atoms with E-state index in [0.717, 1.165) is 13.0 Å². The molecule has 0 spiro atoms. The van der Waals surface area contributed by atoms with Crippen molar-refractivity contribution in [3.8, 4) is 0 Å². The lowest BCUT2D eigenvalue weighted by molar-refractivity contribution is 0.586. The summed E-state index contributed by atoms with van der Waals surface area (Å²) in [5.74, 6) is -0.424. The van der Waals surface area contributed by atoms with Gasteiger partial charge >= 0.3 is 0 Å². The maximum atomic E-state index is 13.2. The van der Waals surface area contributed by atoms with Crippen molar-refractivity contribution in [1.29, 1.82) is 0 Å². The van der Waals surface area contributed by atoms with Crippen LogP contribution in [0.4, 0.5) is 10.1 Å². The van der Waals surface area contributed by atoms with Crippen LogP contribution in [0.5, 0.6) is 0 Å². The largest absolute Gasteiger partial charge is 0.316 e. The van der Waals surface area contributed by atoms with Gasteiger partial charge in [0.05, 0.1) is 11.4 Å². The van der Waals surface area contributed by atoms with Crippen LogP contribution < -0.4 is 9.62 Å². The topological polar surface area (TPSA) is 49.4 Å². The molecular formula is C13H21FN2O2S. The van der Waals surface area contributed by atoms with Crippen LogP contribution in [0.3, 0.4) is 0 Å². The van der Waals surface area contributed by atoms with Crippen molar-refractivity contribution < 1.29 is 12.8 Å². The molecule has 4 nitrogen and oxygen atoms in total. The van der Waals surface area contributed by atoms with E-state index in [2.05, 4.69) is 5.32 Å². The van der Waals surface area contributed by atoms with Crippen LogP contribution in [-0.2, 0) is 10.0 Å². The Hall–Kier alpha value is -1.14. The van der Waals surface area contributed by atoms with E-state index >= 15 is 0 Å². The minimum Gasteiger partial charge on any atom is -0.316 e. The molecule has 1 aromatic rings. The van der Waals surface area contributed by atoms with Crippen molar-refractivity contribution in [2.24, 2.45) is 0 Å². The average molecular weight is 288 g/mol. The molecular weight excluding hydrogens is 267 g/mol. The predicted molar refractivity (Wildman–Crippen MR) is 76.4 cm³/mol. The van der Waals surface area contributed by atoms with Crippen LogP contribution in [0.25, 0.3) is 0 Å². The molecule has 108 valence electrons. The molecule has 1 N–H and O–H groups in total. The van der Waals surface area contributed by atoms with E-state index in [9.17, 15) is 12.8 Å². The normalized spacial score (nSPS) is 11.5. The van der Waals surface area contributed by atoms with E-state index in [4.69, 9.17) is 0 Å². The zero-order valence-corrected chi connectivity index (χ0v) is 12.2. The third kappa shape index (κ3) is 4.80. The number of halogens is 1. The third-order valence-electron chi connectivity index (χ3n) is 2.68. The van der Waals surface area contributed by atoms with Crippen LogP contribution in [0.1, 0.15) is 20.3 Å². The maximum absolute atomic E-state index is 13.2. The van der Waals surface area contributed by atoms with E-state index in [0.29, 0.717) is 18.8 Å². The first-order valence-corrected chi connectivity index (χ1v) is 8.09. The maximum Gasteiger partial charge on any atom is 0.236 e.